The Balaban J connectivity index is 2.08. The minimum atomic E-state index is -3.19. The maximum Gasteiger partial charge on any atom is 0.387 e. The summed E-state index contributed by atoms with van der Waals surface area (Å²) in [5.74, 6) is -1.05. The van der Waals surface area contributed by atoms with Crippen molar-refractivity contribution in [3.63, 3.8) is 0 Å². The zero-order valence-electron chi connectivity index (χ0n) is 15.3. The van der Waals surface area contributed by atoms with Crippen LogP contribution in [-0.2, 0) is 16.1 Å². The quantitative estimate of drug-likeness (QED) is 0.332. The molecular weight excluding hydrogens is 416 g/mol. The van der Waals surface area contributed by atoms with E-state index < -0.39 is 42.2 Å². The van der Waals surface area contributed by atoms with Crippen LogP contribution in [0.15, 0.2) is 30.3 Å². The molecule has 0 spiro atoms. The van der Waals surface area contributed by atoms with Crippen molar-refractivity contribution in [1.82, 2.24) is 0 Å². The first-order chi connectivity index (χ1) is 13.7. The first kappa shape index (κ1) is 22.2. The van der Waals surface area contributed by atoms with Gasteiger partial charge in [0.15, 0.2) is 18.1 Å². The summed E-state index contributed by atoms with van der Waals surface area (Å²) in [5.41, 5.74) is 0.0773. The Bertz CT molecular complexity index is 908. The summed E-state index contributed by atoms with van der Waals surface area (Å²) in [6, 6.07) is 6.70. The Morgan fingerprint density at radius 3 is 2.52 bits per heavy atom. The van der Waals surface area contributed by atoms with Gasteiger partial charge in [-0.1, -0.05) is 11.6 Å². The van der Waals surface area contributed by atoms with E-state index in [4.69, 9.17) is 25.8 Å². The van der Waals surface area contributed by atoms with Crippen LogP contribution >= 0.6 is 11.6 Å². The van der Waals surface area contributed by atoms with Crippen LogP contribution < -0.4 is 14.2 Å². The van der Waals surface area contributed by atoms with E-state index >= 15 is 0 Å². The molecule has 0 bridgehead atoms. The van der Waals surface area contributed by atoms with Gasteiger partial charge in [-0.25, -0.2) is 4.79 Å². The number of hydrogen-bond acceptors (Lipinski definition) is 7. The average Bonchev–Trinajstić information content (AvgIpc) is 2.65. The van der Waals surface area contributed by atoms with E-state index in [1.165, 1.54) is 7.11 Å². The molecule has 0 radical (unpaired) electrons. The lowest BCUT2D eigenvalue weighted by Crippen LogP contribution is -2.15. The number of carbonyl (C=O) groups is 1. The summed E-state index contributed by atoms with van der Waals surface area (Å²) in [7, 11) is 1.18. The van der Waals surface area contributed by atoms with Crippen molar-refractivity contribution in [2.75, 3.05) is 13.7 Å². The molecule has 2 rings (SSSR count). The van der Waals surface area contributed by atoms with E-state index in [9.17, 15) is 23.7 Å². The van der Waals surface area contributed by atoms with Gasteiger partial charge < -0.3 is 18.9 Å². The van der Waals surface area contributed by atoms with Gasteiger partial charge in [-0.05, 0) is 36.8 Å². The molecule has 0 aromatic heterocycles. The predicted molar refractivity (Wildman–Crippen MR) is 97.8 cm³/mol. The number of aryl methyl sites for hydroxylation is 1. The van der Waals surface area contributed by atoms with Gasteiger partial charge in [0.05, 0.1) is 23.7 Å². The average molecular weight is 432 g/mol. The van der Waals surface area contributed by atoms with E-state index in [2.05, 4.69) is 4.74 Å². The summed E-state index contributed by atoms with van der Waals surface area (Å²) in [6.07, 6.45) is 0. The van der Waals surface area contributed by atoms with E-state index in [1.807, 2.05) is 0 Å². The number of rotatable bonds is 9. The van der Waals surface area contributed by atoms with E-state index in [1.54, 1.807) is 25.1 Å². The van der Waals surface area contributed by atoms with Gasteiger partial charge in [-0.15, -0.1) is 0 Å². The van der Waals surface area contributed by atoms with Gasteiger partial charge >= 0.3 is 12.6 Å². The van der Waals surface area contributed by atoms with Crippen molar-refractivity contribution < 1.29 is 37.4 Å². The topological polar surface area (TPSA) is 97.1 Å². The van der Waals surface area contributed by atoms with Crippen molar-refractivity contribution in [3.8, 4) is 17.2 Å². The summed E-state index contributed by atoms with van der Waals surface area (Å²) in [5, 5.41) is 11.7. The fraction of sp³-hybridized carbons (Fsp3) is 0.278. The maximum atomic E-state index is 12.5. The Hall–Kier alpha value is -3.14. The second-order valence-electron chi connectivity index (χ2n) is 5.63. The second-order valence-corrected chi connectivity index (χ2v) is 6.06. The first-order valence-corrected chi connectivity index (χ1v) is 8.43. The van der Waals surface area contributed by atoms with Crippen molar-refractivity contribution in [2.24, 2.45) is 0 Å². The molecule has 0 unspecified atom stereocenters. The zero-order chi connectivity index (χ0) is 21.6. The second kappa shape index (κ2) is 9.87. The first-order valence-electron chi connectivity index (χ1n) is 8.06. The van der Waals surface area contributed by atoms with Crippen LogP contribution in [0.2, 0.25) is 5.02 Å². The van der Waals surface area contributed by atoms with Crippen LogP contribution in [0.5, 0.6) is 17.2 Å². The molecule has 0 aliphatic carbocycles. The van der Waals surface area contributed by atoms with Crippen molar-refractivity contribution in [2.45, 2.75) is 20.1 Å². The summed E-state index contributed by atoms with van der Waals surface area (Å²) in [4.78, 5) is 22.3. The lowest BCUT2D eigenvalue weighted by atomic mass is 10.1. The molecule has 0 amide bonds. The Morgan fingerprint density at radius 1 is 1.21 bits per heavy atom. The van der Waals surface area contributed by atoms with Crippen LogP contribution in [0.1, 0.15) is 11.1 Å². The third-order valence-electron chi connectivity index (χ3n) is 3.65. The minimum Gasteiger partial charge on any atom is -0.493 e. The fourth-order valence-corrected chi connectivity index (χ4v) is 2.56. The van der Waals surface area contributed by atoms with E-state index in [0.29, 0.717) is 16.3 Å². The SMILES string of the molecule is COc1cc(COC(=O)COc2ccc(Cl)cc2C)c([N+](=O)[O-])cc1OC(F)F. The summed E-state index contributed by atoms with van der Waals surface area (Å²) in [6.45, 7) is -2.39. The number of nitro groups is 1. The number of halogens is 3. The number of esters is 1. The molecule has 0 saturated carbocycles. The van der Waals surface area contributed by atoms with Gasteiger partial charge in [0.1, 0.15) is 12.4 Å². The van der Waals surface area contributed by atoms with Crippen molar-refractivity contribution >= 4 is 23.3 Å². The molecule has 0 atom stereocenters. The molecule has 0 aliphatic heterocycles. The number of ether oxygens (including phenoxy) is 4. The Morgan fingerprint density at radius 2 is 1.93 bits per heavy atom. The standard InChI is InChI=1S/C18H16ClF2NO7/c1-10-5-12(19)3-4-14(10)27-9-17(23)28-8-11-6-15(26-2)16(29-18(20)21)7-13(11)22(24)25/h3-7,18H,8-9H2,1-2H3. The molecule has 29 heavy (non-hydrogen) atoms. The van der Waals surface area contributed by atoms with Crippen molar-refractivity contribution in [1.29, 1.82) is 0 Å². The molecule has 8 nitrogen and oxygen atoms in total. The molecule has 0 fully saturated rings. The van der Waals surface area contributed by atoms with Gasteiger partial charge in [-0.2, -0.15) is 8.78 Å². The zero-order valence-corrected chi connectivity index (χ0v) is 16.1. The Kier molecular flexibility index (Phi) is 7.54. The number of nitro benzene ring substituents is 1. The molecular formula is C18H16ClF2NO7. The van der Waals surface area contributed by atoms with Crippen molar-refractivity contribution in [3.05, 3.63) is 56.6 Å². The molecule has 11 heteroatoms. The fourth-order valence-electron chi connectivity index (χ4n) is 2.34. The molecule has 2 aromatic carbocycles. The summed E-state index contributed by atoms with van der Waals surface area (Å²) >= 11 is 5.84. The van der Waals surface area contributed by atoms with Gasteiger partial charge in [0.25, 0.3) is 5.69 Å². The third-order valence-corrected chi connectivity index (χ3v) is 3.88. The lowest BCUT2D eigenvalue weighted by Gasteiger charge is -2.13. The number of methoxy groups -OCH3 is 1. The molecule has 0 aliphatic rings. The monoisotopic (exact) mass is 431 g/mol. The van der Waals surface area contributed by atoms with Crippen LogP contribution in [-0.4, -0.2) is 31.2 Å². The maximum absolute atomic E-state index is 12.5. The normalized spacial score (nSPS) is 10.6. The number of carbonyl (C=O) groups excluding carboxylic acids is 1. The summed E-state index contributed by atoms with van der Waals surface area (Å²) < 4.78 is 44.4. The minimum absolute atomic E-state index is 0.0653. The molecule has 0 N–H and O–H groups in total. The smallest absolute Gasteiger partial charge is 0.387 e. The predicted octanol–water partition coefficient (Wildman–Crippen LogP) is 4.29. The Labute approximate surface area is 169 Å². The van der Waals surface area contributed by atoms with Gasteiger partial charge in [0.2, 0.25) is 0 Å². The highest BCUT2D eigenvalue weighted by molar-refractivity contribution is 6.30. The highest BCUT2D eigenvalue weighted by Crippen LogP contribution is 2.36. The highest BCUT2D eigenvalue weighted by Gasteiger charge is 2.22. The largest absolute Gasteiger partial charge is 0.493 e. The van der Waals surface area contributed by atoms with Crippen LogP contribution in [0.3, 0.4) is 0 Å². The number of hydrogen-bond donors (Lipinski definition) is 0. The number of alkyl halides is 2. The third kappa shape index (κ3) is 6.18. The molecule has 156 valence electrons. The van der Waals surface area contributed by atoms with Crippen LogP contribution in [0.25, 0.3) is 0 Å². The van der Waals surface area contributed by atoms with Crippen LogP contribution in [0.4, 0.5) is 14.5 Å². The van der Waals surface area contributed by atoms with E-state index in [-0.39, 0.29) is 11.3 Å². The van der Waals surface area contributed by atoms with Crippen LogP contribution in [0, 0.1) is 17.0 Å². The molecule has 2 aromatic rings. The van der Waals surface area contributed by atoms with E-state index in [0.717, 1.165) is 12.1 Å². The van der Waals surface area contributed by atoms with Gasteiger partial charge in [0, 0.05) is 5.02 Å². The molecule has 0 saturated heterocycles. The highest BCUT2D eigenvalue weighted by atomic mass is 35.5. The number of benzene rings is 2. The number of nitrogens with zero attached hydrogens (tertiary/aromatic N) is 1. The lowest BCUT2D eigenvalue weighted by molar-refractivity contribution is -0.386. The van der Waals surface area contributed by atoms with Gasteiger partial charge in [-0.3, -0.25) is 10.1 Å². The molecule has 0 heterocycles.